The molecule has 0 unspecified atom stereocenters. The Morgan fingerprint density at radius 1 is 1.15 bits per heavy atom. The zero-order valence-electron chi connectivity index (χ0n) is 15.6. The van der Waals surface area contributed by atoms with E-state index in [1.165, 1.54) is 18.2 Å². The minimum absolute atomic E-state index is 0.00224. The highest BCUT2D eigenvalue weighted by Gasteiger charge is 2.05. The van der Waals surface area contributed by atoms with Crippen LogP contribution in [0.5, 0.6) is 5.75 Å². The van der Waals surface area contributed by atoms with Crippen LogP contribution in [0.1, 0.15) is 19.4 Å². The number of benzene rings is 2. The van der Waals surface area contributed by atoms with Gasteiger partial charge < -0.3 is 20.4 Å². The summed E-state index contributed by atoms with van der Waals surface area (Å²) in [7, 11) is 1.66. The summed E-state index contributed by atoms with van der Waals surface area (Å²) in [5.74, 6) is 0.847. The van der Waals surface area contributed by atoms with Crippen molar-refractivity contribution in [2.45, 2.75) is 20.3 Å². The third kappa shape index (κ3) is 5.84. The number of carbonyl (C=O) groups is 1. The van der Waals surface area contributed by atoms with Crippen LogP contribution in [0.3, 0.4) is 0 Å². The number of para-hydroxylation sites is 1. The molecule has 0 radical (unpaired) electrons. The average molecular weight is 353 g/mol. The minimum Gasteiger partial charge on any atom is -0.497 e. The molecule has 0 bridgehead atoms. The molecule has 0 aliphatic heterocycles. The van der Waals surface area contributed by atoms with Crippen LogP contribution in [0.2, 0.25) is 0 Å². The first kappa shape index (κ1) is 19.4. The highest BCUT2D eigenvalue weighted by atomic mass is 16.5. The third-order valence-electron chi connectivity index (χ3n) is 3.90. The summed E-state index contributed by atoms with van der Waals surface area (Å²) in [6.45, 7) is 5.26. The van der Waals surface area contributed by atoms with Crippen molar-refractivity contribution in [1.29, 1.82) is 0 Å². The Bertz CT molecular complexity index is 812. The fourth-order valence-electron chi connectivity index (χ4n) is 2.62. The van der Waals surface area contributed by atoms with Crippen molar-refractivity contribution in [3.8, 4) is 5.75 Å². The van der Waals surface area contributed by atoms with E-state index >= 15 is 0 Å². The molecule has 3 aromatic rings. The van der Waals surface area contributed by atoms with Gasteiger partial charge in [0, 0.05) is 42.8 Å². The molecule has 0 spiro atoms. The lowest BCUT2D eigenvalue weighted by Crippen LogP contribution is -2.22. The van der Waals surface area contributed by atoms with Gasteiger partial charge in [-0.3, -0.25) is 4.79 Å². The highest BCUT2D eigenvalue weighted by Crippen LogP contribution is 2.23. The van der Waals surface area contributed by atoms with E-state index in [-0.39, 0.29) is 5.91 Å². The van der Waals surface area contributed by atoms with E-state index in [1.54, 1.807) is 7.11 Å². The number of H-pyrrole nitrogens is 1. The molecule has 0 atom stereocenters. The molecular weight excluding hydrogens is 326 g/mol. The van der Waals surface area contributed by atoms with Crippen molar-refractivity contribution in [2.75, 3.05) is 25.5 Å². The molecule has 0 aliphatic carbocycles. The number of carbonyl (C=O) groups excluding carboxylic acids is 1. The first-order chi connectivity index (χ1) is 12.6. The van der Waals surface area contributed by atoms with E-state index < -0.39 is 0 Å². The Morgan fingerprint density at radius 2 is 1.92 bits per heavy atom. The Hall–Kier alpha value is -2.95. The number of hydrogen-bond donors (Lipinski definition) is 3. The van der Waals surface area contributed by atoms with Gasteiger partial charge in [-0.25, -0.2) is 0 Å². The van der Waals surface area contributed by atoms with E-state index in [4.69, 9.17) is 4.74 Å². The van der Waals surface area contributed by atoms with Crippen LogP contribution in [0.15, 0.2) is 54.7 Å². The lowest BCUT2D eigenvalue weighted by Gasteiger charge is -2.03. The van der Waals surface area contributed by atoms with E-state index in [0.717, 1.165) is 29.6 Å². The van der Waals surface area contributed by atoms with Crippen molar-refractivity contribution < 1.29 is 9.53 Å². The second kappa shape index (κ2) is 10.1. The second-order valence-electron chi connectivity index (χ2n) is 5.85. The number of fused-ring (bicyclic) bond motifs is 1. The van der Waals surface area contributed by atoms with Crippen LogP contribution in [-0.4, -0.2) is 31.1 Å². The largest absolute Gasteiger partial charge is 0.497 e. The number of amides is 1. The monoisotopic (exact) mass is 353 g/mol. The Kier molecular flexibility index (Phi) is 7.55. The summed E-state index contributed by atoms with van der Waals surface area (Å²) in [5, 5.41) is 7.15. The number of methoxy groups -OCH3 is 1. The van der Waals surface area contributed by atoms with Gasteiger partial charge in [0.2, 0.25) is 5.91 Å². The SMILES string of the molecule is CCNc1ccccc1.COc1ccc2[nH]cc(CCNC(C)=O)c2c1. The molecule has 138 valence electrons. The summed E-state index contributed by atoms with van der Waals surface area (Å²) in [5.41, 5.74) is 3.47. The third-order valence-corrected chi connectivity index (χ3v) is 3.90. The molecule has 2 aromatic carbocycles. The van der Waals surface area contributed by atoms with Crippen molar-refractivity contribution in [2.24, 2.45) is 0 Å². The smallest absolute Gasteiger partial charge is 0.216 e. The lowest BCUT2D eigenvalue weighted by atomic mass is 10.1. The average Bonchev–Trinajstić information content (AvgIpc) is 3.05. The standard InChI is InChI=1S/C13H16N2O2.C8H11N/c1-9(16)14-6-5-10-8-15-13-4-3-11(17-2)7-12(10)13;1-2-9-8-6-4-3-5-7-8/h3-4,7-8,15H,5-6H2,1-2H3,(H,14,16);3-7,9H,2H2,1H3. The summed E-state index contributed by atoms with van der Waals surface area (Å²) < 4.78 is 5.21. The molecule has 3 N–H and O–H groups in total. The van der Waals surface area contributed by atoms with Crippen molar-refractivity contribution in [1.82, 2.24) is 10.3 Å². The maximum absolute atomic E-state index is 10.8. The van der Waals surface area contributed by atoms with E-state index in [9.17, 15) is 4.79 Å². The molecule has 0 saturated carbocycles. The molecule has 0 aliphatic rings. The predicted molar refractivity (Wildman–Crippen MR) is 108 cm³/mol. The van der Waals surface area contributed by atoms with E-state index in [2.05, 4.69) is 34.7 Å². The summed E-state index contributed by atoms with van der Waals surface area (Å²) >= 11 is 0. The number of hydrogen-bond acceptors (Lipinski definition) is 3. The van der Waals surface area contributed by atoms with E-state index in [1.807, 2.05) is 42.6 Å². The van der Waals surface area contributed by atoms with Crippen molar-refractivity contribution >= 4 is 22.5 Å². The number of rotatable bonds is 6. The molecule has 1 aromatic heterocycles. The molecular formula is C21H27N3O2. The van der Waals surface area contributed by atoms with E-state index in [0.29, 0.717) is 6.54 Å². The summed E-state index contributed by atoms with van der Waals surface area (Å²) in [4.78, 5) is 14.0. The van der Waals surface area contributed by atoms with Gasteiger partial charge in [-0.1, -0.05) is 18.2 Å². The number of anilines is 1. The number of aromatic amines is 1. The first-order valence-corrected chi connectivity index (χ1v) is 8.81. The summed E-state index contributed by atoms with van der Waals surface area (Å²) in [6.07, 6.45) is 2.79. The topological polar surface area (TPSA) is 66.2 Å². The molecule has 5 nitrogen and oxygen atoms in total. The van der Waals surface area contributed by atoms with Crippen molar-refractivity contribution in [3.63, 3.8) is 0 Å². The van der Waals surface area contributed by atoms with Gasteiger partial charge >= 0.3 is 0 Å². The van der Waals surface area contributed by atoms with Gasteiger partial charge in [0.25, 0.3) is 0 Å². The summed E-state index contributed by atoms with van der Waals surface area (Å²) in [6, 6.07) is 16.1. The van der Waals surface area contributed by atoms with Gasteiger partial charge in [-0.2, -0.15) is 0 Å². The number of aromatic nitrogens is 1. The van der Waals surface area contributed by atoms with Gasteiger partial charge in [-0.15, -0.1) is 0 Å². The van der Waals surface area contributed by atoms with Crippen LogP contribution in [0.25, 0.3) is 10.9 Å². The molecule has 1 heterocycles. The normalized spacial score (nSPS) is 9.96. The number of ether oxygens (including phenoxy) is 1. The van der Waals surface area contributed by atoms with Crippen molar-refractivity contribution in [3.05, 3.63) is 60.3 Å². The lowest BCUT2D eigenvalue weighted by molar-refractivity contribution is -0.118. The zero-order chi connectivity index (χ0) is 18.8. The minimum atomic E-state index is 0.00224. The highest BCUT2D eigenvalue weighted by molar-refractivity contribution is 5.84. The van der Waals surface area contributed by atoms with Crippen LogP contribution in [0.4, 0.5) is 5.69 Å². The van der Waals surface area contributed by atoms with Crippen LogP contribution in [0, 0.1) is 0 Å². The van der Waals surface area contributed by atoms with Gasteiger partial charge in [0.05, 0.1) is 7.11 Å². The van der Waals surface area contributed by atoms with Crippen LogP contribution in [-0.2, 0) is 11.2 Å². The number of nitrogens with one attached hydrogen (secondary N) is 3. The molecule has 3 rings (SSSR count). The maximum Gasteiger partial charge on any atom is 0.216 e. The molecule has 0 saturated heterocycles. The quantitative estimate of drug-likeness (QED) is 0.628. The zero-order valence-corrected chi connectivity index (χ0v) is 15.6. The Balaban J connectivity index is 0.000000228. The van der Waals surface area contributed by atoms with Gasteiger partial charge in [-0.05, 0) is 49.2 Å². The van der Waals surface area contributed by atoms with Crippen LogP contribution < -0.4 is 15.4 Å². The molecule has 5 heteroatoms. The second-order valence-corrected chi connectivity index (χ2v) is 5.85. The van der Waals surface area contributed by atoms with Gasteiger partial charge in [0.15, 0.2) is 0 Å². The molecule has 26 heavy (non-hydrogen) atoms. The molecule has 1 amide bonds. The maximum atomic E-state index is 10.8. The Labute approximate surface area is 154 Å². The predicted octanol–water partition coefficient (Wildman–Crippen LogP) is 3.97. The fourth-order valence-corrected chi connectivity index (χ4v) is 2.62. The molecule has 0 fully saturated rings. The van der Waals surface area contributed by atoms with Gasteiger partial charge in [0.1, 0.15) is 5.75 Å². The first-order valence-electron chi connectivity index (χ1n) is 8.81. The Morgan fingerprint density at radius 3 is 2.58 bits per heavy atom. The fraction of sp³-hybridized carbons (Fsp3) is 0.286. The van der Waals surface area contributed by atoms with Crippen LogP contribution >= 0.6 is 0 Å².